The maximum absolute atomic E-state index is 13.0. The van der Waals surface area contributed by atoms with Crippen molar-refractivity contribution >= 4 is 24.2 Å². The van der Waals surface area contributed by atoms with E-state index in [9.17, 15) is 9.59 Å². The van der Waals surface area contributed by atoms with E-state index in [0.717, 1.165) is 24.9 Å². The van der Waals surface area contributed by atoms with E-state index in [1.54, 1.807) is 0 Å². The van der Waals surface area contributed by atoms with E-state index in [1.165, 1.54) is 5.56 Å². The van der Waals surface area contributed by atoms with Crippen LogP contribution >= 0.6 is 12.4 Å². The lowest BCUT2D eigenvalue weighted by Gasteiger charge is -2.39. The summed E-state index contributed by atoms with van der Waals surface area (Å²) in [5.41, 5.74) is 8.21. The van der Waals surface area contributed by atoms with Gasteiger partial charge in [0.2, 0.25) is 11.8 Å². The van der Waals surface area contributed by atoms with Crippen LogP contribution in [0.1, 0.15) is 37.3 Å². The van der Waals surface area contributed by atoms with Gasteiger partial charge in [0, 0.05) is 38.6 Å². The van der Waals surface area contributed by atoms with Crippen molar-refractivity contribution in [3.63, 3.8) is 0 Å². The second kappa shape index (κ2) is 8.87. The summed E-state index contributed by atoms with van der Waals surface area (Å²) >= 11 is 0. The SMILES string of the molecule is Cc1ccc(CN2CC(C(=O)N3CCC(C)CC3CN)CC2=O)cc1.Cl. The summed E-state index contributed by atoms with van der Waals surface area (Å²) in [6.07, 6.45) is 2.32. The predicted molar refractivity (Wildman–Crippen MR) is 105 cm³/mol. The molecule has 1 aromatic rings. The molecule has 0 aliphatic carbocycles. The Bertz CT molecular complexity index is 634. The molecule has 0 bridgehead atoms. The summed E-state index contributed by atoms with van der Waals surface area (Å²) in [5.74, 6) is 0.581. The van der Waals surface area contributed by atoms with E-state index in [1.807, 2.05) is 28.9 Å². The van der Waals surface area contributed by atoms with Crippen LogP contribution in [0.5, 0.6) is 0 Å². The van der Waals surface area contributed by atoms with Crippen molar-refractivity contribution in [2.24, 2.45) is 17.6 Å². The molecule has 0 spiro atoms. The number of nitrogens with two attached hydrogens (primary N) is 1. The van der Waals surface area contributed by atoms with Gasteiger partial charge in [-0.15, -0.1) is 12.4 Å². The average molecular weight is 380 g/mol. The van der Waals surface area contributed by atoms with Gasteiger partial charge in [0.1, 0.15) is 0 Å². The van der Waals surface area contributed by atoms with Crippen LogP contribution in [0.4, 0.5) is 0 Å². The molecule has 26 heavy (non-hydrogen) atoms. The van der Waals surface area contributed by atoms with E-state index in [0.29, 0.717) is 32.0 Å². The molecule has 0 aromatic heterocycles. The van der Waals surface area contributed by atoms with E-state index in [2.05, 4.69) is 19.1 Å². The number of nitrogens with zero attached hydrogens (tertiary/aromatic N) is 2. The Morgan fingerprint density at radius 2 is 1.96 bits per heavy atom. The Morgan fingerprint density at radius 3 is 2.62 bits per heavy atom. The van der Waals surface area contributed by atoms with Gasteiger partial charge in [0.25, 0.3) is 0 Å². The minimum absolute atomic E-state index is 0. The van der Waals surface area contributed by atoms with E-state index in [4.69, 9.17) is 5.73 Å². The second-order valence-corrected chi connectivity index (χ2v) is 7.71. The normalized spacial score (nSPS) is 26.0. The van der Waals surface area contributed by atoms with Gasteiger partial charge < -0.3 is 15.5 Å². The molecule has 2 N–H and O–H groups in total. The van der Waals surface area contributed by atoms with Gasteiger partial charge >= 0.3 is 0 Å². The molecule has 2 fully saturated rings. The Morgan fingerprint density at radius 1 is 1.27 bits per heavy atom. The van der Waals surface area contributed by atoms with Crippen LogP contribution in [0, 0.1) is 18.8 Å². The Balaban J connectivity index is 0.00000243. The molecule has 3 rings (SSSR count). The minimum atomic E-state index is -0.222. The van der Waals surface area contributed by atoms with Crippen LogP contribution in [-0.4, -0.2) is 47.3 Å². The fourth-order valence-corrected chi connectivity index (χ4v) is 4.00. The molecule has 2 heterocycles. The third-order valence-electron chi connectivity index (χ3n) is 5.59. The van der Waals surface area contributed by atoms with Crippen molar-refractivity contribution < 1.29 is 9.59 Å². The standard InChI is InChI=1S/C20H29N3O2.ClH/c1-14-3-5-16(6-4-14)12-22-13-17(10-19(22)24)20(25)23-8-7-15(2)9-18(23)11-21;/h3-6,15,17-18H,7-13,21H2,1-2H3;1H. The zero-order chi connectivity index (χ0) is 18.0. The van der Waals surface area contributed by atoms with Crippen molar-refractivity contribution in [2.45, 2.75) is 45.7 Å². The maximum Gasteiger partial charge on any atom is 0.228 e. The lowest BCUT2D eigenvalue weighted by molar-refractivity contribution is -0.139. The highest BCUT2D eigenvalue weighted by molar-refractivity contribution is 5.89. The van der Waals surface area contributed by atoms with Crippen molar-refractivity contribution in [1.29, 1.82) is 0 Å². The number of halogens is 1. The molecule has 2 saturated heterocycles. The van der Waals surface area contributed by atoms with Gasteiger partial charge in [0.05, 0.1) is 5.92 Å². The Kier molecular flexibility index (Phi) is 7.07. The molecule has 5 nitrogen and oxygen atoms in total. The first-order chi connectivity index (χ1) is 12.0. The summed E-state index contributed by atoms with van der Waals surface area (Å²) in [4.78, 5) is 29.1. The largest absolute Gasteiger partial charge is 0.338 e. The zero-order valence-corrected chi connectivity index (χ0v) is 16.5. The van der Waals surface area contributed by atoms with Crippen LogP contribution in [0.25, 0.3) is 0 Å². The highest BCUT2D eigenvalue weighted by Gasteiger charge is 2.39. The second-order valence-electron chi connectivity index (χ2n) is 7.71. The fourth-order valence-electron chi connectivity index (χ4n) is 4.00. The number of carbonyl (C=O) groups is 2. The third-order valence-corrected chi connectivity index (χ3v) is 5.59. The number of benzene rings is 1. The number of carbonyl (C=O) groups excluding carboxylic acids is 2. The molecule has 6 heteroatoms. The quantitative estimate of drug-likeness (QED) is 0.873. The van der Waals surface area contributed by atoms with Gasteiger partial charge in [-0.3, -0.25) is 9.59 Å². The minimum Gasteiger partial charge on any atom is -0.338 e. The number of amides is 2. The number of piperidine rings is 1. The molecule has 144 valence electrons. The first-order valence-electron chi connectivity index (χ1n) is 9.31. The van der Waals surface area contributed by atoms with Gasteiger partial charge in [-0.2, -0.15) is 0 Å². The number of rotatable bonds is 4. The van der Waals surface area contributed by atoms with Crippen molar-refractivity contribution in [3.05, 3.63) is 35.4 Å². The van der Waals surface area contributed by atoms with E-state index < -0.39 is 0 Å². The molecule has 3 atom stereocenters. The highest BCUT2D eigenvalue weighted by Crippen LogP contribution is 2.27. The average Bonchev–Trinajstić information content (AvgIpc) is 2.97. The van der Waals surface area contributed by atoms with Gasteiger partial charge in [0.15, 0.2) is 0 Å². The van der Waals surface area contributed by atoms with Gasteiger partial charge in [-0.25, -0.2) is 0 Å². The van der Waals surface area contributed by atoms with Crippen LogP contribution in [0.3, 0.4) is 0 Å². The fraction of sp³-hybridized carbons (Fsp3) is 0.600. The molecule has 1 aromatic carbocycles. The number of hydrogen-bond donors (Lipinski definition) is 1. The van der Waals surface area contributed by atoms with Crippen molar-refractivity contribution in [3.8, 4) is 0 Å². The number of likely N-dealkylation sites (tertiary alicyclic amines) is 2. The van der Waals surface area contributed by atoms with Gasteiger partial charge in [-0.1, -0.05) is 36.8 Å². The Labute approximate surface area is 162 Å². The molecule has 2 aliphatic heterocycles. The van der Waals surface area contributed by atoms with E-state index >= 15 is 0 Å². The molecular formula is C20H30ClN3O2. The summed E-state index contributed by atoms with van der Waals surface area (Å²) in [6, 6.07) is 8.33. The molecule has 0 saturated carbocycles. The third kappa shape index (κ3) is 4.57. The maximum atomic E-state index is 13.0. The number of aryl methyl sites for hydroxylation is 1. The van der Waals surface area contributed by atoms with Gasteiger partial charge in [-0.05, 0) is 31.2 Å². The van der Waals surface area contributed by atoms with Crippen LogP contribution in [0.2, 0.25) is 0 Å². The lowest BCUT2D eigenvalue weighted by atomic mass is 9.91. The van der Waals surface area contributed by atoms with Crippen molar-refractivity contribution in [2.75, 3.05) is 19.6 Å². The molecular weight excluding hydrogens is 350 g/mol. The van der Waals surface area contributed by atoms with Crippen LogP contribution < -0.4 is 5.73 Å². The highest BCUT2D eigenvalue weighted by atomic mass is 35.5. The summed E-state index contributed by atoms with van der Waals surface area (Å²) in [6.45, 7) is 6.64. The molecule has 0 radical (unpaired) electrons. The monoisotopic (exact) mass is 379 g/mol. The van der Waals surface area contributed by atoms with Crippen LogP contribution in [0.15, 0.2) is 24.3 Å². The van der Waals surface area contributed by atoms with Crippen molar-refractivity contribution in [1.82, 2.24) is 9.80 Å². The molecule has 3 unspecified atom stereocenters. The van der Waals surface area contributed by atoms with Crippen LogP contribution in [-0.2, 0) is 16.1 Å². The summed E-state index contributed by atoms with van der Waals surface area (Å²) < 4.78 is 0. The summed E-state index contributed by atoms with van der Waals surface area (Å²) in [7, 11) is 0. The first kappa shape index (κ1) is 20.7. The predicted octanol–water partition coefficient (Wildman–Crippen LogP) is 2.35. The summed E-state index contributed by atoms with van der Waals surface area (Å²) in [5, 5.41) is 0. The molecule has 2 aliphatic rings. The number of hydrogen-bond acceptors (Lipinski definition) is 3. The molecule has 2 amide bonds. The van der Waals surface area contributed by atoms with E-state index in [-0.39, 0.29) is 36.2 Å². The topological polar surface area (TPSA) is 66.6 Å². The zero-order valence-electron chi connectivity index (χ0n) is 15.7. The smallest absolute Gasteiger partial charge is 0.228 e. The Hall–Kier alpha value is -1.59. The first-order valence-corrected chi connectivity index (χ1v) is 9.31. The lowest BCUT2D eigenvalue weighted by Crippen LogP contribution is -2.51.